The number of aromatic nitrogens is 1. The molecule has 0 aliphatic carbocycles. The number of hydrogen-bond acceptors (Lipinski definition) is 3. The van der Waals surface area contributed by atoms with E-state index >= 15 is 0 Å². The van der Waals surface area contributed by atoms with Crippen molar-refractivity contribution < 1.29 is 9.59 Å². The topological polar surface area (TPSA) is 71.1 Å². The van der Waals surface area contributed by atoms with E-state index in [1.807, 2.05) is 13.0 Å². The van der Waals surface area contributed by atoms with E-state index in [1.54, 1.807) is 24.3 Å². The Balaban J connectivity index is 2.58. The number of anilines is 2. The molecule has 0 radical (unpaired) electrons. The molecule has 94 valence electrons. The van der Waals surface area contributed by atoms with Gasteiger partial charge in [0.25, 0.3) is 0 Å². The molecule has 0 spiro atoms. The average molecular weight is 245 g/mol. The number of nitrogens with zero attached hydrogens (tertiary/aromatic N) is 1. The minimum absolute atomic E-state index is 0.187. The van der Waals surface area contributed by atoms with Gasteiger partial charge in [-0.3, -0.25) is 9.59 Å². The van der Waals surface area contributed by atoms with Gasteiger partial charge in [0.2, 0.25) is 11.8 Å². The van der Waals surface area contributed by atoms with Crippen LogP contribution in [-0.2, 0) is 9.59 Å². The zero-order valence-electron chi connectivity index (χ0n) is 10.3. The molecule has 1 rings (SSSR count). The molecule has 5 nitrogen and oxygen atoms in total. The van der Waals surface area contributed by atoms with Gasteiger partial charge < -0.3 is 10.6 Å². The molecule has 2 amide bonds. The maximum atomic E-state index is 11.4. The Hall–Kier alpha value is -2.43. The van der Waals surface area contributed by atoms with Crippen LogP contribution < -0.4 is 10.6 Å². The highest BCUT2D eigenvalue weighted by Crippen LogP contribution is 2.09. The fraction of sp³-hybridized carbons (Fsp3) is 0.154. The summed E-state index contributed by atoms with van der Waals surface area (Å²) < 4.78 is 0. The monoisotopic (exact) mass is 245 g/mol. The van der Waals surface area contributed by atoms with Crippen molar-refractivity contribution in [3.8, 4) is 0 Å². The molecule has 2 N–H and O–H groups in total. The van der Waals surface area contributed by atoms with E-state index in [0.29, 0.717) is 11.5 Å². The van der Waals surface area contributed by atoms with Gasteiger partial charge in [-0.2, -0.15) is 0 Å². The quantitative estimate of drug-likeness (QED) is 0.630. The van der Waals surface area contributed by atoms with Crippen LogP contribution in [0.5, 0.6) is 0 Å². The molecular weight excluding hydrogens is 230 g/mol. The van der Waals surface area contributed by atoms with Crippen LogP contribution in [0.25, 0.3) is 0 Å². The predicted octanol–water partition coefficient (Wildman–Crippen LogP) is 2.11. The summed E-state index contributed by atoms with van der Waals surface area (Å²) in [5.74, 6) is 0.0284. The Morgan fingerprint density at radius 3 is 2.56 bits per heavy atom. The standard InChI is InChI=1S/C13H15N3O2/c1-3-4-5-6-13(18)16-11-7-8-12(14-9-11)15-10(2)17/h3-9H,1-2H3,(H,16,18)(H,14,15,17)/b4-3+,6-5+. The molecule has 0 saturated heterocycles. The van der Waals surface area contributed by atoms with Crippen LogP contribution in [0.2, 0.25) is 0 Å². The lowest BCUT2D eigenvalue weighted by atomic mass is 10.3. The lowest BCUT2D eigenvalue weighted by Crippen LogP contribution is -2.10. The van der Waals surface area contributed by atoms with Crippen LogP contribution in [0.4, 0.5) is 11.5 Å². The second-order valence-corrected chi connectivity index (χ2v) is 3.49. The van der Waals surface area contributed by atoms with Crippen LogP contribution in [-0.4, -0.2) is 16.8 Å². The first-order valence-corrected chi connectivity index (χ1v) is 5.46. The summed E-state index contributed by atoms with van der Waals surface area (Å²) in [6.07, 6.45) is 8.13. The number of carbonyl (C=O) groups excluding carboxylic acids is 2. The first kappa shape index (κ1) is 13.6. The summed E-state index contributed by atoms with van der Waals surface area (Å²) in [6, 6.07) is 3.28. The average Bonchev–Trinajstić information content (AvgIpc) is 2.31. The molecule has 18 heavy (non-hydrogen) atoms. The number of hydrogen-bond donors (Lipinski definition) is 2. The third kappa shape index (κ3) is 5.07. The molecule has 0 aliphatic rings. The molecule has 0 aromatic carbocycles. The minimum atomic E-state index is -0.234. The van der Waals surface area contributed by atoms with Crippen LogP contribution >= 0.6 is 0 Å². The summed E-state index contributed by atoms with van der Waals surface area (Å²) in [5, 5.41) is 5.19. The van der Waals surface area contributed by atoms with Crippen molar-refractivity contribution in [1.29, 1.82) is 0 Å². The van der Waals surface area contributed by atoms with Crippen molar-refractivity contribution in [2.24, 2.45) is 0 Å². The largest absolute Gasteiger partial charge is 0.321 e. The van der Waals surface area contributed by atoms with E-state index in [1.165, 1.54) is 19.2 Å². The normalized spacial score (nSPS) is 10.8. The maximum Gasteiger partial charge on any atom is 0.248 e. The molecule has 0 atom stereocenters. The molecule has 0 fully saturated rings. The summed E-state index contributed by atoms with van der Waals surface area (Å²) in [5.41, 5.74) is 0.569. The lowest BCUT2D eigenvalue weighted by molar-refractivity contribution is -0.114. The van der Waals surface area contributed by atoms with Crippen molar-refractivity contribution in [2.45, 2.75) is 13.8 Å². The molecule has 1 aromatic rings. The first-order valence-electron chi connectivity index (χ1n) is 5.46. The van der Waals surface area contributed by atoms with E-state index in [9.17, 15) is 9.59 Å². The lowest BCUT2D eigenvalue weighted by Gasteiger charge is -2.03. The Kier molecular flexibility index (Phi) is 5.31. The summed E-state index contributed by atoms with van der Waals surface area (Å²) in [7, 11) is 0. The van der Waals surface area contributed by atoms with Crippen molar-refractivity contribution in [1.82, 2.24) is 4.98 Å². The van der Waals surface area contributed by atoms with Crippen LogP contribution in [0, 0.1) is 0 Å². The summed E-state index contributed by atoms with van der Waals surface area (Å²) >= 11 is 0. The van der Waals surface area contributed by atoms with Crippen molar-refractivity contribution >= 4 is 23.3 Å². The van der Waals surface area contributed by atoms with Gasteiger partial charge in [-0.05, 0) is 19.1 Å². The zero-order chi connectivity index (χ0) is 13.4. The van der Waals surface area contributed by atoms with E-state index in [2.05, 4.69) is 15.6 Å². The summed E-state index contributed by atoms with van der Waals surface area (Å²) in [6.45, 7) is 3.27. The van der Waals surface area contributed by atoms with Gasteiger partial charge in [-0.15, -0.1) is 0 Å². The van der Waals surface area contributed by atoms with Crippen LogP contribution in [0.1, 0.15) is 13.8 Å². The van der Waals surface area contributed by atoms with E-state index in [4.69, 9.17) is 0 Å². The number of carbonyl (C=O) groups is 2. The van der Waals surface area contributed by atoms with Gasteiger partial charge in [-0.1, -0.05) is 18.2 Å². The third-order valence-corrected chi connectivity index (χ3v) is 1.89. The Morgan fingerprint density at radius 2 is 2.00 bits per heavy atom. The van der Waals surface area contributed by atoms with E-state index < -0.39 is 0 Å². The van der Waals surface area contributed by atoms with Gasteiger partial charge >= 0.3 is 0 Å². The number of rotatable bonds is 4. The molecule has 5 heteroatoms. The van der Waals surface area contributed by atoms with E-state index in [0.717, 1.165) is 0 Å². The van der Waals surface area contributed by atoms with Crippen molar-refractivity contribution in [2.75, 3.05) is 10.6 Å². The SMILES string of the molecule is C/C=C/C=C/C(=O)Nc1ccc(NC(C)=O)nc1. The van der Waals surface area contributed by atoms with Crippen LogP contribution in [0.15, 0.2) is 42.6 Å². The fourth-order valence-corrected chi connectivity index (χ4v) is 1.16. The molecule has 0 unspecified atom stereocenters. The van der Waals surface area contributed by atoms with E-state index in [-0.39, 0.29) is 11.8 Å². The Labute approximate surface area is 106 Å². The van der Waals surface area contributed by atoms with Crippen LogP contribution in [0.3, 0.4) is 0 Å². The second-order valence-electron chi connectivity index (χ2n) is 3.49. The predicted molar refractivity (Wildman–Crippen MR) is 71.1 cm³/mol. The number of pyridine rings is 1. The molecule has 0 saturated carbocycles. The van der Waals surface area contributed by atoms with Crippen molar-refractivity contribution in [3.05, 3.63) is 42.6 Å². The van der Waals surface area contributed by atoms with Gasteiger partial charge in [0, 0.05) is 13.0 Å². The fourth-order valence-electron chi connectivity index (χ4n) is 1.16. The van der Waals surface area contributed by atoms with Gasteiger partial charge in [0.1, 0.15) is 5.82 Å². The minimum Gasteiger partial charge on any atom is -0.321 e. The van der Waals surface area contributed by atoms with Gasteiger partial charge in [-0.25, -0.2) is 4.98 Å². The number of allylic oxidation sites excluding steroid dienone is 3. The molecule has 0 aliphatic heterocycles. The smallest absolute Gasteiger partial charge is 0.248 e. The van der Waals surface area contributed by atoms with Gasteiger partial charge in [0.15, 0.2) is 0 Å². The molecule has 1 heterocycles. The Bertz CT molecular complexity index is 476. The van der Waals surface area contributed by atoms with Gasteiger partial charge in [0.05, 0.1) is 11.9 Å². The van der Waals surface area contributed by atoms with Crippen molar-refractivity contribution in [3.63, 3.8) is 0 Å². The highest BCUT2D eigenvalue weighted by molar-refractivity contribution is 5.99. The third-order valence-electron chi connectivity index (χ3n) is 1.89. The Morgan fingerprint density at radius 1 is 1.22 bits per heavy atom. The first-order chi connectivity index (χ1) is 8.61. The number of amides is 2. The molecule has 0 bridgehead atoms. The summed E-state index contributed by atoms with van der Waals surface area (Å²) in [4.78, 5) is 26.2. The highest BCUT2D eigenvalue weighted by Gasteiger charge is 1.99. The highest BCUT2D eigenvalue weighted by atomic mass is 16.2. The number of nitrogens with one attached hydrogen (secondary N) is 2. The zero-order valence-corrected chi connectivity index (χ0v) is 10.3. The maximum absolute atomic E-state index is 11.4. The second kappa shape index (κ2) is 7.01. The molecule has 1 aromatic heterocycles. The molecular formula is C13H15N3O2.